The van der Waals surface area contributed by atoms with E-state index in [-0.39, 0.29) is 5.91 Å². The van der Waals surface area contributed by atoms with E-state index < -0.39 is 0 Å². The van der Waals surface area contributed by atoms with E-state index in [0.717, 1.165) is 18.7 Å². The average molecular weight is 261 g/mol. The van der Waals surface area contributed by atoms with Crippen LogP contribution in [0.3, 0.4) is 0 Å². The normalized spacial score (nSPS) is 15.1. The van der Waals surface area contributed by atoms with Gasteiger partial charge in [-0.25, -0.2) is 0 Å². The maximum absolute atomic E-state index is 11.7. The molecule has 19 heavy (non-hydrogen) atoms. The molecule has 1 aliphatic carbocycles. The number of amides is 1. The van der Waals surface area contributed by atoms with Gasteiger partial charge in [0.1, 0.15) is 0 Å². The van der Waals surface area contributed by atoms with Gasteiger partial charge in [-0.3, -0.25) is 9.48 Å². The van der Waals surface area contributed by atoms with Gasteiger partial charge >= 0.3 is 0 Å². The first-order valence-corrected chi connectivity index (χ1v) is 7.19. The maximum Gasteiger partial charge on any atom is 0.221 e. The molecule has 1 aromatic rings. The summed E-state index contributed by atoms with van der Waals surface area (Å²) >= 11 is 0. The Labute approximate surface area is 114 Å². The third-order valence-corrected chi connectivity index (χ3v) is 3.50. The summed E-state index contributed by atoms with van der Waals surface area (Å²) in [6.07, 6.45) is 10.8. The number of nitrogens with zero attached hydrogens (tertiary/aromatic N) is 2. The molecule has 0 atom stereocenters. The number of allylic oxidation sites excluding steroid dienone is 1. The van der Waals surface area contributed by atoms with Gasteiger partial charge in [0.2, 0.25) is 5.91 Å². The summed E-state index contributed by atoms with van der Waals surface area (Å²) in [5, 5.41) is 7.25. The first kappa shape index (κ1) is 13.8. The highest BCUT2D eigenvalue weighted by Gasteiger charge is 2.05. The highest BCUT2D eigenvalue weighted by Crippen LogP contribution is 2.19. The second-order valence-electron chi connectivity index (χ2n) is 5.18. The number of hydrogen-bond donors (Lipinski definition) is 1. The fourth-order valence-electron chi connectivity index (χ4n) is 2.39. The minimum Gasteiger partial charge on any atom is -0.356 e. The van der Waals surface area contributed by atoms with Crippen LogP contribution in [0.5, 0.6) is 0 Å². The molecule has 0 aliphatic heterocycles. The number of carbonyl (C=O) groups is 1. The molecule has 4 heteroatoms. The van der Waals surface area contributed by atoms with Crippen LogP contribution < -0.4 is 5.32 Å². The van der Waals surface area contributed by atoms with Crippen molar-refractivity contribution in [2.75, 3.05) is 6.54 Å². The van der Waals surface area contributed by atoms with Crippen LogP contribution in [0.15, 0.2) is 23.9 Å². The summed E-state index contributed by atoms with van der Waals surface area (Å²) in [4.78, 5) is 11.7. The van der Waals surface area contributed by atoms with Gasteiger partial charge in [-0.2, -0.15) is 5.10 Å². The Morgan fingerprint density at radius 1 is 1.47 bits per heavy atom. The fourth-order valence-corrected chi connectivity index (χ4v) is 2.39. The van der Waals surface area contributed by atoms with Gasteiger partial charge in [0, 0.05) is 25.7 Å². The lowest BCUT2D eigenvalue weighted by atomic mass is 9.97. The van der Waals surface area contributed by atoms with Crippen LogP contribution in [0.25, 0.3) is 0 Å². The number of rotatable bonds is 6. The molecule has 0 saturated carbocycles. The molecule has 0 radical (unpaired) electrons. The van der Waals surface area contributed by atoms with Crippen molar-refractivity contribution in [1.82, 2.24) is 15.1 Å². The van der Waals surface area contributed by atoms with E-state index in [2.05, 4.69) is 16.5 Å². The van der Waals surface area contributed by atoms with Crippen LogP contribution in [-0.2, 0) is 11.3 Å². The van der Waals surface area contributed by atoms with Crippen LogP contribution in [0.1, 0.15) is 44.2 Å². The van der Waals surface area contributed by atoms with Crippen molar-refractivity contribution in [1.29, 1.82) is 0 Å². The van der Waals surface area contributed by atoms with Crippen LogP contribution in [0, 0.1) is 6.92 Å². The van der Waals surface area contributed by atoms with Crippen molar-refractivity contribution in [2.45, 2.75) is 52.0 Å². The van der Waals surface area contributed by atoms with Gasteiger partial charge in [-0.1, -0.05) is 11.6 Å². The monoisotopic (exact) mass is 261 g/mol. The topological polar surface area (TPSA) is 46.9 Å². The standard InChI is InChI=1S/C15H23N3O/c1-13-8-11-18(17-13)12-9-15(19)16-10-7-14-5-3-2-4-6-14/h5,8,11H,2-4,6-7,9-10,12H2,1H3,(H,16,19). The summed E-state index contributed by atoms with van der Waals surface area (Å²) < 4.78 is 1.82. The van der Waals surface area contributed by atoms with Gasteiger partial charge in [0.05, 0.1) is 5.69 Å². The van der Waals surface area contributed by atoms with E-state index in [1.165, 1.54) is 31.3 Å². The second-order valence-corrected chi connectivity index (χ2v) is 5.18. The molecule has 0 fully saturated rings. The number of nitrogens with one attached hydrogen (secondary N) is 1. The third-order valence-electron chi connectivity index (χ3n) is 3.50. The molecule has 104 valence electrons. The third kappa shape index (κ3) is 4.89. The Morgan fingerprint density at radius 3 is 3.05 bits per heavy atom. The molecular formula is C15H23N3O. The van der Waals surface area contributed by atoms with Gasteiger partial charge in [0.25, 0.3) is 0 Å². The van der Waals surface area contributed by atoms with E-state index in [1.807, 2.05) is 23.9 Å². The van der Waals surface area contributed by atoms with Crippen molar-refractivity contribution in [3.8, 4) is 0 Å². The molecule has 1 aliphatic rings. The lowest BCUT2D eigenvalue weighted by Gasteiger charge is -2.12. The number of aromatic nitrogens is 2. The minimum absolute atomic E-state index is 0.115. The Morgan fingerprint density at radius 2 is 2.37 bits per heavy atom. The molecule has 1 amide bonds. The van der Waals surface area contributed by atoms with Crippen LogP contribution >= 0.6 is 0 Å². The number of carbonyl (C=O) groups excluding carboxylic acids is 1. The number of aryl methyl sites for hydroxylation is 2. The minimum atomic E-state index is 0.115. The Hall–Kier alpha value is -1.58. The van der Waals surface area contributed by atoms with Crippen molar-refractivity contribution in [3.05, 3.63) is 29.6 Å². The first-order valence-electron chi connectivity index (χ1n) is 7.19. The summed E-state index contributed by atoms with van der Waals surface area (Å²) in [6.45, 7) is 3.37. The lowest BCUT2D eigenvalue weighted by Crippen LogP contribution is -2.26. The molecule has 4 nitrogen and oxygen atoms in total. The highest BCUT2D eigenvalue weighted by molar-refractivity contribution is 5.75. The molecule has 1 N–H and O–H groups in total. The molecule has 0 spiro atoms. The fraction of sp³-hybridized carbons (Fsp3) is 0.600. The van der Waals surface area contributed by atoms with E-state index in [1.54, 1.807) is 0 Å². The van der Waals surface area contributed by atoms with E-state index >= 15 is 0 Å². The van der Waals surface area contributed by atoms with Crippen molar-refractivity contribution >= 4 is 5.91 Å². The average Bonchev–Trinajstić information content (AvgIpc) is 2.83. The van der Waals surface area contributed by atoms with Gasteiger partial charge in [0.15, 0.2) is 0 Å². The predicted molar refractivity (Wildman–Crippen MR) is 75.8 cm³/mol. The second kappa shape index (κ2) is 7.12. The van der Waals surface area contributed by atoms with Crippen LogP contribution in [0.4, 0.5) is 0 Å². The van der Waals surface area contributed by atoms with Crippen LogP contribution in [-0.4, -0.2) is 22.2 Å². The molecule has 0 bridgehead atoms. The predicted octanol–water partition coefficient (Wildman–Crippen LogP) is 2.59. The summed E-state index contributed by atoms with van der Waals surface area (Å²) in [6, 6.07) is 1.95. The quantitative estimate of drug-likeness (QED) is 0.800. The first-order chi connectivity index (χ1) is 9.24. The molecule has 0 saturated heterocycles. The van der Waals surface area contributed by atoms with Crippen molar-refractivity contribution < 1.29 is 4.79 Å². The van der Waals surface area contributed by atoms with Crippen molar-refractivity contribution in [3.63, 3.8) is 0 Å². The molecule has 0 unspecified atom stereocenters. The summed E-state index contributed by atoms with van der Waals surface area (Å²) in [7, 11) is 0. The maximum atomic E-state index is 11.7. The van der Waals surface area contributed by atoms with E-state index in [9.17, 15) is 4.79 Å². The van der Waals surface area contributed by atoms with Crippen LogP contribution in [0.2, 0.25) is 0 Å². The molecule has 1 aromatic heterocycles. The highest BCUT2D eigenvalue weighted by atomic mass is 16.1. The summed E-state index contributed by atoms with van der Waals surface area (Å²) in [5.41, 5.74) is 2.50. The Kier molecular flexibility index (Phi) is 5.19. The Balaban J connectivity index is 1.60. The van der Waals surface area contributed by atoms with Gasteiger partial charge in [-0.15, -0.1) is 0 Å². The molecule has 1 heterocycles. The largest absolute Gasteiger partial charge is 0.356 e. The molecule has 0 aromatic carbocycles. The lowest BCUT2D eigenvalue weighted by molar-refractivity contribution is -0.121. The smallest absolute Gasteiger partial charge is 0.221 e. The SMILES string of the molecule is Cc1ccn(CCC(=O)NCCC2=CCCCC2)n1. The van der Waals surface area contributed by atoms with Crippen molar-refractivity contribution in [2.24, 2.45) is 0 Å². The summed E-state index contributed by atoms with van der Waals surface area (Å²) in [5.74, 6) is 0.115. The zero-order valence-corrected chi connectivity index (χ0v) is 11.7. The zero-order chi connectivity index (χ0) is 13.5. The van der Waals surface area contributed by atoms with E-state index in [4.69, 9.17) is 0 Å². The van der Waals surface area contributed by atoms with E-state index in [0.29, 0.717) is 13.0 Å². The van der Waals surface area contributed by atoms with Gasteiger partial charge < -0.3 is 5.32 Å². The zero-order valence-electron chi connectivity index (χ0n) is 11.7. The molecule has 2 rings (SSSR count). The number of hydrogen-bond acceptors (Lipinski definition) is 2. The Bertz CT molecular complexity index is 448. The molecular weight excluding hydrogens is 238 g/mol. The van der Waals surface area contributed by atoms with Gasteiger partial charge in [-0.05, 0) is 45.1 Å².